The molecule has 0 spiro atoms. The molecule has 0 bridgehead atoms. The lowest BCUT2D eigenvalue weighted by molar-refractivity contribution is 0.439. The number of hydrogen-bond acceptors (Lipinski definition) is 4. The van der Waals surface area contributed by atoms with E-state index in [1.807, 2.05) is 6.07 Å². The maximum absolute atomic E-state index is 11.8. The fraction of sp³-hybridized carbons (Fsp3) is 0.316. The number of fused-ring (bicyclic) bond motifs is 2. The molecule has 1 unspecified atom stereocenters. The van der Waals surface area contributed by atoms with Crippen LogP contribution in [0.3, 0.4) is 0 Å². The van der Waals surface area contributed by atoms with Crippen LogP contribution >= 0.6 is 0 Å². The molecule has 4 heteroatoms. The number of aromatic hydroxyl groups is 2. The summed E-state index contributed by atoms with van der Waals surface area (Å²) in [5.74, 6) is 0.0177. The topological polar surface area (TPSA) is 70.7 Å². The van der Waals surface area contributed by atoms with Crippen molar-refractivity contribution in [3.05, 3.63) is 46.1 Å². The minimum Gasteiger partial charge on any atom is -0.504 e. The molecule has 1 atom stereocenters. The van der Waals surface area contributed by atoms with Gasteiger partial charge in [0.1, 0.15) is 0 Å². The van der Waals surface area contributed by atoms with Gasteiger partial charge in [0, 0.05) is 10.9 Å². The number of rotatable bonds is 4. The molecule has 0 radical (unpaired) electrons. The summed E-state index contributed by atoms with van der Waals surface area (Å²) in [7, 11) is 0. The molecule has 1 aliphatic heterocycles. The molecule has 0 amide bonds. The quantitative estimate of drug-likeness (QED) is 0.691. The first-order valence-electron chi connectivity index (χ1n) is 7.98. The third-order valence-corrected chi connectivity index (χ3v) is 4.41. The first-order chi connectivity index (χ1) is 11.1. The fourth-order valence-corrected chi connectivity index (χ4v) is 3.30. The monoisotopic (exact) mass is 312 g/mol. The summed E-state index contributed by atoms with van der Waals surface area (Å²) in [6.45, 7) is 4.25. The van der Waals surface area contributed by atoms with E-state index in [-0.39, 0.29) is 17.4 Å². The number of hydrogen-bond donors (Lipinski definition) is 2. The molecule has 0 saturated carbocycles. The van der Waals surface area contributed by atoms with Crippen LogP contribution in [0.15, 0.2) is 39.5 Å². The molecule has 3 rings (SSSR count). The molecule has 1 aromatic carbocycles. The molecular weight excluding hydrogens is 292 g/mol. The van der Waals surface area contributed by atoms with E-state index in [1.54, 1.807) is 18.2 Å². The summed E-state index contributed by atoms with van der Waals surface area (Å²) >= 11 is 0. The van der Waals surface area contributed by atoms with Gasteiger partial charge >= 0.3 is 0 Å². The first-order valence-corrected chi connectivity index (χ1v) is 7.98. The molecule has 0 fully saturated rings. The Morgan fingerprint density at radius 2 is 1.91 bits per heavy atom. The molecule has 120 valence electrons. The highest BCUT2D eigenvalue weighted by atomic mass is 16.4. The number of phenols is 2. The Morgan fingerprint density at radius 3 is 2.61 bits per heavy atom. The highest BCUT2D eigenvalue weighted by molar-refractivity contribution is 5.92. The van der Waals surface area contributed by atoms with Crippen molar-refractivity contribution < 1.29 is 14.6 Å². The molecule has 0 saturated heterocycles. The number of para-hydroxylation sites is 1. The van der Waals surface area contributed by atoms with Gasteiger partial charge in [-0.2, -0.15) is 0 Å². The second-order valence-corrected chi connectivity index (χ2v) is 5.85. The van der Waals surface area contributed by atoms with E-state index >= 15 is 0 Å². The van der Waals surface area contributed by atoms with E-state index in [0.29, 0.717) is 5.58 Å². The van der Waals surface area contributed by atoms with Gasteiger partial charge in [0.2, 0.25) is 11.2 Å². The van der Waals surface area contributed by atoms with Gasteiger partial charge in [0.25, 0.3) is 0 Å². The standard InChI is InChI=1S/C19H20O4/c1-3-6-11(4-2)16-12-7-5-8-15(21)18(12)23-19-13(16)9-10-14(20)17(19)22/h5,7-11,21-22H,3-4,6H2,1-2H3. The fourth-order valence-electron chi connectivity index (χ4n) is 3.30. The van der Waals surface area contributed by atoms with Gasteiger partial charge in [-0.25, -0.2) is 0 Å². The molecular formula is C19H20O4. The summed E-state index contributed by atoms with van der Waals surface area (Å²) in [4.78, 5) is 11.8. The van der Waals surface area contributed by atoms with E-state index in [4.69, 9.17) is 4.42 Å². The van der Waals surface area contributed by atoms with Gasteiger partial charge in [-0.15, -0.1) is 0 Å². The van der Waals surface area contributed by atoms with Gasteiger partial charge < -0.3 is 14.6 Å². The van der Waals surface area contributed by atoms with Crippen LogP contribution in [-0.4, -0.2) is 10.2 Å². The summed E-state index contributed by atoms with van der Waals surface area (Å²) in [5.41, 5.74) is 1.59. The van der Waals surface area contributed by atoms with Crippen molar-refractivity contribution in [1.82, 2.24) is 0 Å². The zero-order valence-electron chi connectivity index (χ0n) is 13.3. The van der Waals surface area contributed by atoms with Gasteiger partial charge in [-0.1, -0.05) is 32.4 Å². The van der Waals surface area contributed by atoms with Crippen molar-refractivity contribution in [2.45, 2.75) is 39.0 Å². The highest BCUT2D eigenvalue weighted by Gasteiger charge is 2.25. The molecule has 23 heavy (non-hydrogen) atoms. The Hall–Kier alpha value is -2.49. The molecule has 2 N–H and O–H groups in total. The van der Waals surface area contributed by atoms with E-state index in [2.05, 4.69) is 13.8 Å². The average Bonchev–Trinajstić information content (AvgIpc) is 2.55. The van der Waals surface area contributed by atoms with Crippen LogP contribution in [0.5, 0.6) is 11.5 Å². The minimum absolute atomic E-state index is 0.00713. The van der Waals surface area contributed by atoms with Crippen molar-refractivity contribution in [1.29, 1.82) is 0 Å². The Morgan fingerprint density at radius 1 is 1.13 bits per heavy atom. The lowest BCUT2D eigenvalue weighted by atomic mass is 9.85. The van der Waals surface area contributed by atoms with E-state index < -0.39 is 11.2 Å². The molecule has 2 aliphatic rings. The normalized spacial score (nSPS) is 12.8. The molecule has 1 aromatic rings. The van der Waals surface area contributed by atoms with Gasteiger partial charge in [-0.3, -0.25) is 4.79 Å². The van der Waals surface area contributed by atoms with Crippen LogP contribution in [0.4, 0.5) is 0 Å². The van der Waals surface area contributed by atoms with E-state index in [1.165, 1.54) is 6.07 Å². The second-order valence-electron chi connectivity index (χ2n) is 5.85. The van der Waals surface area contributed by atoms with E-state index in [9.17, 15) is 15.0 Å². The number of phenolic OH excluding ortho intramolecular Hbond substituents is 2. The lowest BCUT2D eigenvalue weighted by Crippen LogP contribution is -2.06. The minimum atomic E-state index is -0.481. The van der Waals surface area contributed by atoms with Crippen LogP contribution < -0.4 is 5.43 Å². The average molecular weight is 312 g/mol. The summed E-state index contributed by atoms with van der Waals surface area (Å²) < 4.78 is 5.70. The molecule has 1 aliphatic carbocycles. The van der Waals surface area contributed by atoms with Crippen LogP contribution in [0.25, 0.3) is 22.3 Å². The van der Waals surface area contributed by atoms with E-state index in [0.717, 1.165) is 35.8 Å². The lowest BCUT2D eigenvalue weighted by Gasteiger charge is -2.22. The largest absolute Gasteiger partial charge is 0.504 e. The maximum atomic E-state index is 11.8. The van der Waals surface area contributed by atoms with Crippen LogP contribution in [0.1, 0.15) is 44.6 Å². The molecule has 0 aromatic heterocycles. The number of benzene rings is 2. The van der Waals surface area contributed by atoms with Crippen LogP contribution in [0.2, 0.25) is 0 Å². The predicted octanol–water partition coefficient (Wildman–Crippen LogP) is 4.60. The van der Waals surface area contributed by atoms with Gasteiger partial charge in [0.05, 0.1) is 0 Å². The first kappa shape index (κ1) is 15.4. The van der Waals surface area contributed by atoms with Crippen molar-refractivity contribution in [2.24, 2.45) is 0 Å². The Bertz CT molecular complexity index is 879. The molecule has 4 nitrogen and oxygen atoms in total. The van der Waals surface area contributed by atoms with Crippen LogP contribution in [-0.2, 0) is 0 Å². The highest BCUT2D eigenvalue weighted by Crippen LogP contribution is 2.44. The van der Waals surface area contributed by atoms with Gasteiger partial charge in [-0.05, 0) is 42.5 Å². The summed E-state index contributed by atoms with van der Waals surface area (Å²) in [6.07, 6.45) is 2.94. The van der Waals surface area contributed by atoms with Gasteiger partial charge in [0.15, 0.2) is 17.1 Å². The second kappa shape index (κ2) is 5.95. The van der Waals surface area contributed by atoms with Crippen molar-refractivity contribution in [3.8, 4) is 22.8 Å². The third kappa shape index (κ3) is 2.44. The van der Waals surface area contributed by atoms with Crippen molar-refractivity contribution in [3.63, 3.8) is 0 Å². The maximum Gasteiger partial charge on any atom is 0.224 e. The van der Waals surface area contributed by atoms with Crippen molar-refractivity contribution >= 4 is 11.0 Å². The smallest absolute Gasteiger partial charge is 0.224 e. The Balaban J connectivity index is 2.48. The van der Waals surface area contributed by atoms with Crippen molar-refractivity contribution in [2.75, 3.05) is 0 Å². The zero-order chi connectivity index (χ0) is 16.6. The van der Waals surface area contributed by atoms with Crippen LogP contribution in [0, 0.1) is 0 Å². The summed E-state index contributed by atoms with van der Waals surface area (Å²) in [6, 6.07) is 8.30. The SMILES string of the molecule is CCCC(CC)c1c2ccc(=O)c(O)c-2oc2c(O)cccc12. The zero-order valence-corrected chi connectivity index (χ0v) is 13.3. The summed E-state index contributed by atoms with van der Waals surface area (Å²) in [5, 5.41) is 21.1. The molecule has 1 heterocycles. The third-order valence-electron chi connectivity index (χ3n) is 4.41. The Labute approximate surface area is 134 Å². The Kier molecular flexibility index (Phi) is 3.99. The predicted molar refractivity (Wildman–Crippen MR) is 90.4 cm³/mol.